The lowest BCUT2D eigenvalue weighted by molar-refractivity contribution is -0.302. The standard InChI is InChI=1S/C56H107NO8/c1-3-5-7-9-11-13-15-17-18-19-20-21-22-23-24-25-26-27-28-29-30-31-32-34-36-38-40-42-44-46-52(60)57-49(48-64-56-55(63)54(62)53(61)51(47-58)65-56)50(59)45-43-41-39-37-35-33-16-14-12-10-8-6-4-2/h20-21,23-24,49-51,53-56,58-59,61-63H,3-19,22,25-48H2,1-2H3,(H,57,60)/b21-20-,24-23-. The van der Waals surface area contributed by atoms with Crippen molar-refractivity contribution in [2.75, 3.05) is 13.2 Å². The maximum absolute atomic E-state index is 13.0. The Labute approximate surface area is 400 Å². The van der Waals surface area contributed by atoms with Gasteiger partial charge in [0.15, 0.2) is 6.29 Å². The van der Waals surface area contributed by atoms with Crippen molar-refractivity contribution >= 4 is 5.91 Å². The molecule has 9 nitrogen and oxygen atoms in total. The van der Waals surface area contributed by atoms with Gasteiger partial charge in [0.25, 0.3) is 0 Å². The van der Waals surface area contributed by atoms with Crippen LogP contribution in [0.2, 0.25) is 0 Å². The maximum atomic E-state index is 13.0. The number of amides is 1. The largest absolute Gasteiger partial charge is 0.394 e. The summed E-state index contributed by atoms with van der Waals surface area (Å²) in [5.74, 6) is -0.143. The average molecular weight is 922 g/mol. The Balaban J connectivity index is 2.15. The van der Waals surface area contributed by atoms with Gasteiger partial charge in [-0.25, -0.2) is 0 Å². The highest BCUT2D eigenvalue weighted by Gasteiger charge is 2.44. The first-order chi connectivity index (χ1) is 31.8. The Morgan fingerprint density at radius 1 is 0.523 bits per heavy atom. The molecule has 0 aromatic rings. The Hall–Kier alpha value is -1.33. The number of nitrogens with one attached hydrogen (secondary N) is 1. The fourth-order valence-electron chi connectivity index (χ4n) is 9.08. The van der Waals surface area contributed by atoms with Gasteiger partial charge in [-0.15, -0.1) is 0 Å². The summed E-state index contributed by atoms with van der Waals surface area (Å²) in [4.78, 5) is 13.0. The zero-order chi connectivity index (χ0) is 47.3. The van der Waals surface area contributed by atoms with Crippen LogP contribution in [0.4, 0.5) is 0 Å². The molecule has 384 valence electrons. The molecule has 65 heavy (non-hydrogen) atoms. The molecule has 9 heteroatoms. The molecule has 6 N–H and O–H groups in total. The first-order valence-corrected chi connectivity index (χ1v) is 28.0. The van der Waals surface area contributed by atoms with Gasteiger partial charge in [-0.3, -0.25) is 4.79 Å². The topological polar surface area (TPSA) is 149 Å². The Kier molecular flexibility index (Phi) is 44.0. The van der Waals surface area contributed by atoms with Crippen LogP contribution >= 0.6 is 0 Å². The van der Waals surface area contributed by atoms with Crippen LogP contribution in [0, 0.1) is 0 Å². The minimum atomic E-state index is -1.55. The number of carbonyl (C=O) groups is 1. The molecule has 0 aromatic heterocycles. The molecule has 1 rings (SSSR count). The highest BCUT2D eigenvalue weighted by molar-refractivity contribution is 5.76. The van der Waals surface area contributed by atoms with Crippen LogP contribution in [0.15, 0.2) is 24.3 Å². The van der Waals surface area contributed by atoms with Gasteiger partial charge in [0.1, 0.15) is 24.4 Å². The quantitative estimate of drug-likeness (QED) is 0.0261. The lowest BCUT2D eigenvalue weighted by Crippen LogP contribution is -2.60. The van der Waals surface area contributed by atoms with Gasteiger partial charge >= 0.3 is 0 Å². The van der Waals surface area contributed by atoms with Gasteiger partial charge in [0, 0.05) is 6.42 Å². The predicted octanol–water partition coefficient (Wildman–Crippen LogP) is 13.4. The van der Waals surface area contributed by atoms with E-state index in [1.807, 2.05) is 0 Å². The summed E-state index contributed by atoms with van der Waals surface area (Å²) in [5, 5.41) is 54.5. The van der Waals surface area contributed by atoms with Crippen molar-refractivity contribution in [3.63, 3.8) is 0 Å². The normalized spacial score (nSPS) is 20.0. The minimum Gasteiger partial charge on any atom is -0.394 e. The van der Waals surface area contributed by atoms with Crippen molar-refractivity contribution in [1.29, 1.82) is 0 Å². The second kappa shape index (κ2) is 46.4. The first-order valence-electron chi connectivity index (χ1n) is 28.0. The zero-order valence-corrected chi connectivity index (χ0v) is 42.5. The molecule has 0 aliphatic carbocycles. The molecule has 7 atom stereocenters. The summed E-state index contributed by atoms with van der Waals surface area (Å²) in [6.45, 7) is 3.85. The molecular formula is C56H107NO8. The molecule has 1 amide bonds. The Morgan fingerprint density at radius 2 is 0.908 bits per heavy atom. The Bertz CT molecular complexity index is 1070. The lowest BCUT2D eigenvalue weighted by atomic mass is 9.99. The first kappa shape index (κ1) is 61.7. The third kappa shape index (κ3) is 36.3. The molecule has 0 radical (unpaired) electrons. The summed E-state index contributed by atoms with van der Waals surface area (Å²) >= 11 is 0. The van der Waals surface area contributed by atoms with Gasteiger partial charge < -0.3 is 40.3 Å². The van der Waals surface area contributed by atoms with Crippen molar-refractivity contribution in [2.45, 2.75) is 314 Å². The van der Waals surface area contributed by atoms with Gasteiger partial charge in [-0.2, -0.15) is 0 Å². The highest BCUT2D eigenvalue weighted by atomic mass is 16.7. The third-order valence-electron chi connectivity index (χ3n) is 13.6. The number of carbonyl (C=O) groups excluding carboxylic acids is 1. The molecule has 1 aliphatic rings. The maximum Gasteiger partial charge on any atom is 0.220 e. The number of rotatable bonds is 48. The predicted molar refractivity (Wildman–Crippen MR) is 272 cm³/mol. The molecule has 0 aromatic carbocycles. The molecule has 1 aliphatic heterocycles. The van der Waals surface area contributed by atoms with E-state index in [-0.39, 0.29) is 12.5 Å². The molecule has 1 heterocycles. The van der Waals surface area contributed by atoms with E-state index in [1.54, 1.807) is 0 Å². The van der Waals surface area contributed by atoms with E-state index < -0.39 is 49.5 Å². The summed E-state index contributed by atoms with van der Waals surface area (Å²) in [7, 11) is 0. The van der Waals surface area contributed by atoms with Crippen LogP contribution in [0.1, 0.15) is 271 Å². The van der Waals surface area contributed by atoms with E-state index >= 15 is 0 Å². The van der Waals surface area contributed by atoms with Crippen LogP contribution in [0.3, 0.4) is 0 Å². The molecule has 0 saturated carbocycles. The minimum absolute atomic E-state index is 0.136. The van der Waals surface area contributed by atoms with E-state index in [0.717, 1.165) is 44.9 Å². The second-order valence-corrected chi connectivity index (χ2v) is 19.7. The number of unbranched alkanes of at least 4 members (excludes halogenated alkanes) is 34. The van der Waals surface area contributed by atoms with Crippen LogP contribution in [0.25, 0.3) is 0 Å². The van der Waals surface area contributed by atoms with Crippen molar-refractivity contribution in [1.82, 2.24) is 5.32 Å². The lowest BCUT2D eigenvalue weighted by Gasteiger charge is -2.40. The number of aliphatic hydroxyl groups excluding tert-OH is 5. The van der Waals surface area contributed by atoms with Crippen LogP contribution < -0.4 is 5.32 Å². The Morgan fingerprint density at radius 3 is 1.32 bits per heavy atom. The van der Waals surface area contributed by atoms with E-state index in [0.29, 0.717) is 12.8 Å². The van der Waals surface area contributed by atoms with Crippen molar-refractivity contribution in [3.05, 3.63) is 24.3 Å². The summed E-state index contributed by atoms with van der Waals surface area (Å²) < 4.78 is 11.3. The third-order valence-corrected chi connectivity index (χ3v) is 13.6. The van der Waals surface area contributed by atoms with Gasteiger partial charge in [0.2, 0.25) is 5.91 Å². The molecule has 7 unspecified atom stereocenters. The van der Waals surface area contributed by atoms with Gasteiger partial charge in [-0.05, 0) is 44.9 Å². The monoisotopic (exact) mass is 922 g/mol. The number of allylic oxidation sites excluding steroid dienone is 4. The SMILES string of the molecule is CCCCCCCCCCC/C=C\C/C=C\CCCCCCCCCCCCCCCC(=O)NC(COC1OC(CO)C(O)C(O)C1O)C(O)CCCCCCCCCCCCCCC. The van der Waals surface area contributed by atoms with Crippen molar-refractivity contribution in [3.8, 4) is 0 Å². The fraction of sp³-hybridized carbons (Fsp3) is 0.911. The number of hydrogen-bond acceptors (Lipinski definition) is 8. The summed E-state index contributed by atoms with van der Waals surface area (Å²) in [6.07, 6.45) is 50.7. The van der Waals surface area contributed by atoms with E-state index in [9.17, 15) is 30.3 Å². The smallest absolute Gasteiger partial charge is 0.220 e. The van der Waals surface area contributed by atoms with E-state index in [1.165, 1.54) is 199 Å². The van der Waals surface area contributed by atoms with Crippen LogP contribution in [-0.2, 0) is 14.3 Å². The molecule has 1 fully saturated rings. The van der Waals surface area contributed by atoms with Gasteiger partial charge in [0.05, 0.1) is 25.4 Å². The van der Waals surface area contributed by atoms with Gasteiger partial charge in [-0.1, -0.05) is 244 Å². The van der Waals surface area contributed by atoms with Crippen molar-refractivity contribution in [2.24, 2.45) is 0 Å². The highest BCUT2D eigenvalue weighted by Crippen LogP contribution is 2.23. The van der Waals surface area contributed by atoms with Crippen LogP contribution in [0.5, 0.6) is 0 Å². The summed E-state index contributed by atoms with van der Waals surface area (Å²) in [5.41, 5.74) is 0. The molecule has 0 spiro atoms. The van der Waals surface area contributed by atoms with E-state index in [4.69, 9.17) is 9.47 Å². The summed E-state index contributed by atoms with van der Waals surface area (Å²) in [6, 6.07) is -0.717. The number of aliphatic hydroxyl groups is 5. The molecule has 1 saturated heterocycles. The zero-order valence-electron chi connectivity index (χ0n) is 42.5. The molecule has 0 bridgehead atoms. The average Bonchev–Trinajstić information content (AvgIpc) is 3.31. The fourth-order valence-corrected chi connectivity index (χ4v) is 9.08. The number of ether oxygens (including phenoxy) is 2. The van der Waals surface area contributed by atoms with E-state index in [2.05, 4.69) is 43.5 Å². The number of hydrogen-bond donors (Lipinski definition) is 6. The van der Waals surface area contributed by atoms with Crippen LogP contribution in [-0.4, -0.2) is 87.5 Å². The van der Waals surface area contributed by atoms with Crippen molar-refractivity contribution < 1.29 is 39.8 Å². The molecular weight excluding hydrogens is 815 g/mol. The second-order valence-electron chi connectivity index (χ2n) is 19.7.